The number of benzene rings is 3. The summed E-state index contributed by atoms with van der Waals surface area (Å²) in [5, 5.41) is 2.79. The Bertz CT molecular complexity index is 1830. The van der Waals surface area contributed by atoms with Crippen LogP contribution in [0.5, 0.6) is 0 Å². The van der Waals surface area contributed by atoms with E-state index in [2.05, 4.69) is 36.0 Å². The molecular weight excluding hydrogens is 607 g/mol. The van der Waals surface area contributed by atoms with Crippen LogP contribution >= 0.6 is 23.2 Å². The van der Waals surface area contributed by atoms with Crippen molar-refractivity contribution >= 4 is 44.8 Å². The molecule has 1 saturated carbocycles. The maximum atomic E-state index is 13.7. The summed E-state index contributed by atoms with van der Waals surface area (Å²) in [6.45, 7) is 6.09. The van der Waals surface area contributed by atoms with Crippen molar-refractivity contribution in [2.45, 2.75) is 56.9 Å². The third-order valence-corrected chi connectivity index (χ3v) is 10.6. The van der Waals surface area contributed by atoms with Gasteiger partial charge in [0, 0.05) is 24.6 Å². The summed E-state index contributed by atoms with van der Waals surface area (Å²) >= 11 is 12.8. The second-order valence-electron chi connectivity index (χ2n) is 11.8. The van der Waals surface area contributed by atoms with Crippen molar-refractivity contribution < 1.29 is 13.2 Å². The van der Waals surface area contributed by atoms with Crippen LogP contribution < -0.4 is 15.6 Å². The van der Waals surface area contributed by atoms with E-state index in [9.17, 15) is 18.0 Å². The van der Waals surface area contributed by atoms with Crippen LogP contribution in [-0.4, -0.2) is 29.7 Å². The number of para-hydroxylation sites is 1. The number of anilines is 1. The summed E-state index contributed by atoms with van der Waals surface area (Å²) in [5.41, 5.74) is 1.58. The third kappa shape index (κ3) is 6.25. The van der Waals surface area contributed by atoms with E-state index in [1.807, 2.05) is 24.3 Å². The number of hydrogen-bond donors (Lipinski definition) is 2. The van der Waals surface area contributed by atoms with Gasteiger partial charge >= 0.3 is 0 Å². The average molecular weight is 642 g/mol. The Kier molecular flexibility index (Phi) is 8.53. The molecule has 0 radical (unpaired) electrons. The first-order chi connectivity index (χ1) is 20.3. The molecule has 43 heavy (non-hydrogen) atoms. The van der Waals surface area contributed by atoms with Gasteiger partial charge in [-0.1, -0.05) is 85.6 Å². The molecule has 3 aromatic carbocycles. The molecule has 8 nitrogen and oxygen atoms in total. The number of carbonyl (C=O) groups is 1. The number of halogens is 2. The molecule has 2 N–H and O–H groups in total. The molecule has 11 heteroatoms. The Labute approximate surface area is 261 Å². The van der Waals surface area contributed by atoms with Crippen LogP contribution in [0.2, 0.25) is 10.0 Å². The number of carbonyl (C=O) groups excluding carboxylic acids is 1. The molecule has 226 valence electrons. The minimum Gasteiger partial charge on any atom is -0.349 e. The minimum atomic E-state index is -4.43. The number of hydrogen-bond acceptors (Lipinski definition) is 4. The van der Waals surface area contributed by atoms with Crippen LogP contribution in [0.15, 0.2) is 82.5 Å². The van der Waals surface area contributed by atoms with Crippen LogP contribution in [0.4, 0.5) is 5.69 Å². The lowest BCUT2D eigenvalue weighted by Crippen LogP contribution is -2.44. The fraction of sp³-hybridized carbons (Fsp3) is 0.312. The zero-order chi connectivity index (χ0) is 31.1. The molecule has 2 unspecified atom stereocenters. The van der Waals surface area contributed by atoms with Crippen molar-refractivity contribution in [2.24, 2.45) is 12.5 Å². The van der Waals surface area contributed by atoms with E-state index in [0.717, 1.165) is 24.8 Å². The summed E-state index contributed by atoms with van der Waals surface area (Å²) in [4.78, 5) is 26.5. The van der Waals surface area contributed by atoms with Crippen LogP contribution in [0.3, 0.4) is 0 Å². The van der Waals surface area contributed by atoms with Gasteiger partial charge < -0.3 is 5.32 Å². The van der Waals surface area contributed by atoms with E-state index < -0.39 is 26.4 Å². The lowest BCUT2D eigenvalue weighted by molar-refractivity contribution is 0.0892. The Morgan fingerprint density at radius 3 is 2.28 bits per heavy atom. The molecule has 1 fully saturated rings. The summed E-state index contributed by atoms with van der Waals surface area (Å²) in [5.74, 6) is -0.364. The van der Waals surface area contributed by atoms with Gasteiger partial charge in [-0.2, -0.15) is 0 Å². The Morgan fingerprint density at radius 1 is 1.00 bits per heavy atom. The van der Waals surface area contributed by atoms with Crippen molar-refractivity contribution in [3.05, 3.63) is 110 Å². The normalized spacial score (nSPS) is 18.3. The van der Waals surface area contributed by atoms with Gasteiger partial charge in [0.25, 0.3) is 21.5 Å². The van der Waals surface area contributed by atoms with E-state index in [0.29, 0.717) is 11.4 Å². The number of sulfonamides is 1. The van der Waals surface area contributed by atoms with Crippen molar-refractivity contribution in [2.75, 3.05) is 4.72 Å². The SMILES string of the molecule is Cc1c(NS(=O)(=O)c2cc(C(=O)NC3CCC(C)(C)CC3c3ccccc3)cc(Cl)c2Cl)c(=O)n(-c2ccccc2)n1C. The molecule has 4 aromatic rings. The first-order valence-corrected chi connectivity index (χ1v) is 16.2. The number of aromatic nitrogens is 2. The zero-order valence-electron chi connectivity index (χ0n) is 24.4. The predicted octanol–water partition coefficient (Wildman–Crippen LogP) is 6.68. The standard InChI is InChI=1S/C32H34Cl2N4O4S/c1-20-29(31(40)38(37(20)4)23-13-9-6-10-14-23)36-43(41,42)27-18-22(17-25(33)28(27)34)30(39)35-26-15-16-32(2,3)19-24(26)21-11-7-5-8-12-21/h5-14,17-18,24,26,36H,15-16,19H2,1-4H3,(H,35,39). The van der Waals surface area contributed by atoms with Gasteiger partial charge in [0.05, 0.1) is 21.4 Å². The molecule has 1 aliphatic rings. The largest absolute Gasteiger partial charge is 0.349 e. The first-order valence-electron chi connectivity index (χ1n) is 14.0. The van der Waals surface area contributed by atoms with E-state index in [4.69, 9.17) is 23.2 Å². The van der Waals surface area contributed by atoms with Gasteiger partial charge in [-0.05, 0) is 61.4 Å². The molecule has 5 rings (SSSR count). The van der Waals surface area contributed by atoms with Gasteiger partial charge in [0.2, 0.25) is 0 Å². The van der Waals surface area contributed by atoms with Gasteiger partial charge in [-0.25, -0.2) is 13.1 Å². The van der Waals surface area contributed by atoms with Crippen molar-refractivity contribution in [3.8, 4) is 5.69 Å². The molecule has 0 spiro atoms. The first kappa shape index (κ1) is 30.9. The zero-order valence-corrected chi connectivity index (χ0v) is 26.7. The fourth-order valence-corrected chi connectivity index (χ4v) is 7.76. The number of rotatable bonds is 7. The molecule has 1 amide bonds. The lowest BCUT2D eigenvalue weighted by atomic mass is 9.68. The number of nitrogens with zero attached hydrogens (tertiary/aromatic N) is 2. The van der Waals surface area contributed by atoms with E-state index in [-0.39, 0.29) is 38.7 Å². The number of nitrogens with one attached hydrogen (secondary N) is 2. The monoisotopic (exact) mass is 640 g/mol. The highest BCUT2D eigenvalue weighted by Crippen LogP contribution is 2.43. The second-order valence-corrected chi connectivity index (χ2v) is 14.3. The van der Waals surface area contributed by atoms with Crippen molar-refractivity contribution in [3.63, 3.8) is 0 Å². The maximum absolute atomic E-state index is 13.7. The Balaban J connectivity index is 1.46. The molecule has 0 aliphatic heterocycles. The van der Waals surface area contributed by atoms with Gasteiger partial charge in [0.1, 0.15) is 10.6 Å². The molecule has 1 aliphatic carbocycles. The highest BCUT2D eigenvalue weighted by atomic mass is 35.5. The second kappa shape index (κ2) is 11.9. The van der Waals surface area contributed by atoms with Crippen LogP contribution in [0.25, 0.3) is 5.69 Å². The molecular formula is C32H34Cl2N4O4S. The summed E-state index contributed by atoms with van der Waals surface area (Å²) in [6, 6.07) is 21.3. The summed E-state index contributed by atoms with van der Waals surface area (Å²) in [6.07, 6.45) is 2.60. The quantitative estimate of drug-likeness (QED) is 0.235. The molecule has 2 atom stereocenters. The highest BCUT2D eigenvalue weighted by Gasteiger charge is 2.37. The Morgan fingerprint density at radius 2 is 1.63 bits per heavy atom. The number of amides is 1. The summed E-state index contributed by atoms with van der Waals surface area (Å²) in [7, 11) is -2.77. The molecule has 0 bridgehead atoms. The third-order valence-electron chi connectivity index (χ3n) is 8.27. The fourth-order valence-electron chi connectivity index (χ4n) is 5.83. The summed E-state index contributed by atoms with van der Waals surface area (Å²) < 4.78 is 32.7. The van der Waals surface area contributed by atoms with E-state index in [1.54, 1.807) is 42.9 Å². The van der Waals surface area contributed by atoms with Crippen molar-refractivity contribution in [1.82, 2.24) is 14.7 Å². The predicted molar refractivity (Wildman–Crippen MR) is 171 cm³/mol. The van der Waals surface area contributed by atoms with Gasteiger partial charge in [-0.3, -0.25) is 19.0 Å². The van der Waals surface area contributed by atoms with E-state index >= 15 is 0 Å². The van der Waals surface area contributed by atoms with Gasteiger partial charge in [0.15, 0.2) is 0 Å². The van der Waals surface area contributed by atoms with Crippen LogP contribution in [-0.2, 0) is 17.1 Å². The molecule has 0 saturated heterocycles. The minimum absolute atomic E-state index is 0.0536. The van der Waals surface area contributed by atoms with E-state index in [1.165, 1.54) is 16.8 Å². The highest BCUT2D eigenvalue weighted by molar-refractivity contribution is 7.92. The topological polar surface area (TPSA) is 102 Å². The lowest BCUT2D eigenvalue weighted by Gasteiger charge is -2.41. The van der Waals surface area contributed by atoms with Crippen molar-refractivity contribution in [1.29, 1.82) is 0 Å². The molecule has 1 aromatic heterocycles. The average Bonchev–Trinajstić information content (AvgIpc) is 3.18. The maximum Gasteiger partial charge on any atom is 0.296 e. The Hall–Kier alpha value is -3.53. The smallest absolute Gasteiger partial charge is 0.296 e. The molecule has 1 heterocycles. The van der Waals surface area contributed by atoms with Gasteiger partial charge in [-0.15, -0.1) is 0 Å². The van der Waals surface area contributed by atoms with Crippen LogP contribution in [0, 0.1) is 12.3 Å². The van der Waals surface area contributed by atoms with Crippen LogP contribution in [0.1, 0.15) is 60.6 Å².